The molecule has 3 nitrogen and oxygen atoms in total. The molecule has 2 aromatic rings. The molecule has 1 fully saturated rings. The molecule has 1 N–H and O–H groups in total. The van der Waals surface area contributed by atoms with Gasteiger partial charge >= 0.3 is 0 Å². The fourth-order valence-electron chi connectivity index (χ4n) is 2.67. The molecule has 23 heavy (non-hydrogen) atoms. The van der Waals surface area contributed by atoms with E-state index in [0.29, 0.717) is 5.11 Å². The number of hydrogen-bond donors (Lipinski definition) is 1. The molecule has 0 spiro atoms. The Morgan fingerprint density at radius 2 is 1.48 bits per heavy atom. The van der Waals surface area contributed by atoms with Crippen LogP contribution in [0.2, 0.25) is 0 Å². The Labute approximate surface area is 143 Å². The Balaban J connectivity index is 1.85. The SMILES string of the molecule is S=C(N=C(Nc1ccccc1)c1ccccc1)N1CCCCC1. The van der Waals surface area contributed by atoms with E-state index in [9.17, 15) is 0 Å². The molecule has 0 aliphatic carbocycles. The minimum Gasteiger partial charge on any atom is -0.347 e. The standard InChI is InChI=1S/C19H21N3S/c23-19(22-14-8-3-9-15-22)21-18(16-10-4-1-5-11-16)20-17-12-6-2-7-13-17/h1-2,4-7,10-13H,3,8-9,14-15H2,(H,20,21,23). The summed E-state index contributed by atoms with van der Waals surface area (Å²) in [6.07, 6.45) is 3.68. The fraction of sp³-hybridized carbons (Fsp3) is 0.263. The van der Waals surface area contributed by atoms with E-state index in [4.69, 9.17) is 17.2 Å². The molecule has 0 amide bonds. The highest BCUT2D eigenvalue weighted by molar-refractivity contribution is 7.80. The highest BCUT2D eigenvalue weighted by Gasteiger charge is 2.14. The maximum Gasteiger partial charge on any atom is 0.197 e. The van der Waals surface area contributed by atoms with Crippen molar-refractivity contribution in [2.24, 2.45) is 4.99 Å². The van der Waals surface area contributed by atoms with Gasteiger partial charge in [-0.2, -0.15) is 0 Å². The van der Waals surface area contributed by atoms with E-state index in [1.165, 1.54) is 19.3 Å². The van der Waals surface area contributed by atoms with Crippen LogP contribution in [0.5, 0.6) is 0 Å². The Morgan fingerprint density at radius 1 is 0.870 bits per heavy atom. The summed E-state index contributed by atoms with van der Waals surface area (Å²) in [5.74, 6) is 0.798. The van der Waals surface area contributed by atoms with E-state index < -0.39 is 0 Å². The van der Waals surface area contributed by atoms with Crippen molar-refractivity contribution in [2.75, 3.05) is 18.4 Å². The summed E-state index contributed by atoms with van der Waals surface area (Å²) in [6, 6.07) is 20.2. The second-order valence-corrected chi connectivity index (χ2v) is 6.01. The van der Waals surface area contributed by atoms with E-state index in [1.54, 1.807) is 0 Å². The van der Waals surface area contributed by atoms with Crippen LogP contribution in [0.4, 0.5) is 5.69 Å². The highest BCUT2D eigenvalue weighted by Crippen LogP contribution is 2.13. The van der Waals surface area contributed by atoms with E-state index in [-0.39, 0.29) is 0 Å². The van der Waals surface area contributed by atoms with Gasteiger partial charge in [0.25, 0.3) is 0 Å². The average Bonchev–Trinajstić information content (AvgIpc) is 2.63. The van der Waals surface area contributed by atoms with E-state index in [0.717, 1.165) is 30.2 Å². The summed E-state index contributed by atoms with van der Waals surface area (Å²) < 4.78 is 0. The molecule has 118 valence electrons. The van der Waals surface area contributed by atoms with Gasteiger partial charge in [0.2, 0.25) is 0 Å². The first-order chi connectivity index (χ1) is 11.3. The lowest BCUT2D eigenvalue weighted by Gasteiger charge is -2.27. The van der Waals surface area contributed by atoms with E-state index in [1.807, 2.05) is 60.7 Å². The zero-order valence-electron chi connectivity index (χ0n) is 13.1. The van der Waals surface area contributed by atoms with Crippen LogP contribution in [0.1, 0.15) is 24.8 Å². The second kappa shape index (κ2) is 7.88. The fourth-order valence-corrected chi connectivity index (χ4v) is 2.94. The molecule has 1 aliphatic rings. The van der Waals surface area contributed by atoms with Gasteiger partial charge in [-0.25, -0.2) is 4.99 Å². The number of thiocarbonyl (C=S) groups is 1. The van der Waals surface area contributed by atoms with Gasteiger partial charge in [-0.3, -0.25) is 0 Å². The molecular formula is C19H21N3S. The maximum absolute atomic E-state index is 5.56. The summed E-state index contributed by atoms with van der Waals surface area (Å²) in [7, 11) is 0. The third-order valence-electron chi connectivity index (χ3n) is 3.92. The largest absolute Gasteiger partial charge is 0.347 e. The number of piperidine rings is 1. The Morgan fingerprint density at radius 3 is 2.13 bits per heavy atom. The van der Waals surface area contributed by atoms with Crippen LogP contribution in [-0.2, 0) is 0 Å². The van der Waals surface area contributed by atoms with Crippen molar-refractivity contribution in [3.63, 3.8) is 0 Å². The normalized spacial score (nSPS) is 15.3. The summed E-state index contributed by atoms with van der Waals surface area (Å²) >= 11 is 5.56. The van der Waals surface area contributed by atoms with Gasteiger partial charge in [0, 0.05) is 24.3 Å². The van der Waals surface area contributed by atoms with Crippen molar-refractivity contribution in [2.45, 2.75) is 19.3 Å². The Bertz CT molecular complexity index is 662. The zero-order valence-corrected chi connectivity index (χ0v) is 13.9. The first kappa shape index (κ1) is 15.7. The average molecular weight is 323 g/mol. The third-order valence-corrected chi connectivity index (χ3v) is 4.27. The smallest absolute Gasteiger partial charge is 0.197 e. The molecule has 0 aromatic heterocycles. The second-order valence-electron chi connectivity index (χ2n) is 5.65. The Hall–Kier alpha value is -2.20. The highest BCUT2D eigenvalue weighted by atomic mass is 32.1. The molecule has 0 atom stereocenters. The maximum atomic E-state index is 5.56. The number of nitrogens with one attached hydrogen (secondary N) is 1. The number of rotatable bonds is 2. The molecule has 2 aromatic carbocycles. The van der Waals surface area contributed by atoms with Crippen LogP contribution >= 0.6 is 12.2 Å². The number of hydrogen-bond acceptors (Lipinski definition) is 1. The zero-order chi connectivity index (χ0) is 15.9. The van der Waals surface area contributed by atoms with Gasteiger partial charge in [0.05, 0.1) is 0 Å². The number of benzene rings is 2. The minimum absolute atomic E-state index is 0.673. The van der Waals surface area contributed by atoms with Gasteiger partial charge in [-0.05, 0) is 43.6 Å². The van der Waals surface area contributed by atoms with Gasteiger partial charge in [-0.1, -0.05) is 48.5 Å². The molecule has 1 aliphatic heterocycles. The quantitative estimate of drug-likeness (QED) is 0.507. The summed E-state index contributed by atoms with van der Waals surface area (Å²) in [4.78, 5) is 6.93. The van der Waals surface area contributed by atoms with Crippen LogP contribution in [-0.4, -0.2) is 28.9 Å². The minimum atomic E-state index is 0.673. The molecule has 0 saturated carbocycles. The summed E-state index contributed by atoms with van der Waals surface area (Å²) in [6.45, 7) is 2.02. The lowest BCUT2D eigenvalue weighted by molar-refractivity contribution is 0.344. The summed E-state index contributed by atoms with van der Waals surface area (Å²) in [5, 5.41) is 4.07. The van der Waals surface area contributed by atoms with Gasteiger partial charge < -0.3 is 10.2 Å². The van der Waals surface area contributed by atoms with Crippen LogP contribution in [0.15, 0.2) is 65.7 Å². The van der Waals surface area contributed by atoms with Crippen molar-refractivity contribution >= 4 is 28.9 Å². The molecule has 0 unspecified atom stereocenters. The van der Waals surface area contributed by atoms with Gasteiger partial charge in [-0.15, -0.1) is 0 Å². The topological polar surface area (TPSA) is 27.6 Å². The molecule has 0 radical (unpaired) electrons. The molecule has 1 heterocycles. The monoisotopic (exact) mass is 323 g/mol. The predicted molar refractivity (Wildman–Crippen MR) is 101 cm³/mol. The number of aliphatic imine (C=N–C) groups is 1. The van der Waals surface area contributed by atoms with Crippen LogP contribution in [0, 0.1) is 0 Å². The van der Waals surface area contributed by atoms with Crippen molar-refractivity contribution < 1.29 is 0 Å². The molecular weight excluding hydrogens is 302 g/mol. The van der Waals surface area contributed by atoms with E-state index in [2.05, 4.69) is 10.2 Å². The predicted octanol–water partition coefficient (Wildman–Crippen LogP) is 4.32. The number of para-hydroxylation sites is 1. The molecule has 4 heteroatoms. The van der Waals surface area contributed by atoms with E-state index >= 15 is 0 Å². The first-order valence-corrected chi connectivity index (χ1v) is 8.49. The first-order valence-electron chi connectivity index (χ1n) is 8.08. The summed E-state index contributed by atoms with van der Waals surface area (Å²) in [5.41, 5.74) is 2.05. The van der Waals surface area contributed by atoms with Crippen molar-refractivity contribution in [1.82, 2.24) is 4.90 Å². The van der Waals surface area contributed by atoms with Crippen LogP contribution in [0.25, 0.3) is 0 Å². The number of anilines is 1. The van der Waals surface area contributed by atoms with Gasteiger partial charge in [0.1, 0.15) is 5.84 Å². The van der Waals surface area contributed by atoms with Gasteiger partial charge in [0.15, 0.2) is 5.11 Å². The molecule has 0 bridgehead atoms. The molecule has 3 rings (SSSR count). The van der Waals surface area contributed by atoms with Crippen LogP contribution < -0.4 is 5.32 Å². The van der Waals surface area contributed by atoms with Crippen molar-refractivity contribution in [1.29, 1.82) is 0 Å². The van der Waals surface area contributed by atoms with Crippen LogP contribution in [0.3, 0.4) is 0 Å². The third kappa shape index (κ3) is 4.39. The number of likely N-dealkylation sites (tertiary alicyclic amines) is 1. The van der Waals surface area contributed by atoms with Crippen molar-refractivity contribution in [3.05, 3.63) is 66.2 Å². The molecule has 1 saturated heterocycles. The lowest BCUT2D eigenvalue weighted by Crippen LogP contribution is -2.34. The lowest BCUT2D eigenvalue weighted by atomic mass is 10.1. The number of amidine groups is 1. The number of nitrogens with zero attached hydrogens (tertiary/aromatic N) is 2. The van der Waals surface area contributed by atoms with Crippen molar-refractivity contribution in [3.8, 4) is 0 Å². The Kier molecular flexibility index (Phi) is 5.37.